The van der Waals surface area contributed by atoms with Crippen LogP contribution in [0.25, 0.3) is 0 Å². The van der Waals surface area contributed by atoms with Crippen molar-refractivity contribution in [2.24, 2.45) is 11.7 Å². The van der Waals surface area contributed by atoms with E-state index < -0.39 is 0 Å². The Hall–Kier alpha value is 0.210. The van der Waals surface area contributed by atoms with Crippen molar-refractivity contribution in [3.05, 3.63) is 0 Å². The highest BCUT2D eigenvalue weighted by Gasteiger charge is 2.46. The van der Waals surface area contributed by atoms with Crippen molar-refractivity contribution in [3.63, 3.8) is 0 Å². The summed E-state index contributed by atoms with van der Waals surface area (Å²) in [6.07, 6.45) is 3.83. The molecule has 0 aromatic heterocycles. The Balaban J connectivity index is 0.000000500. The molecule has 1 aliphatic heterocycles. The van der Waals surface area contributed by atoms with Gasteiger partial charge in [0.05, 0.1) is 0 Å². The van der Waals surface area contributed by atoms with Gasteiger partial charge in [-0.05, 0) is 38.3 Å². The number of nitrogens with two attached hydrogens (primary N) is 1. The van der Waals surface area contributed by atoms with Crippen LogP contribution in [0.3, 0.4) is 0 Å². The molecule has 0 aromatic rings. The van der Waals surface area contributed by atoms with Crippen LogP contribution in [-0.2, 0) is 0 Å². The van der Waals surface area contributed by atoms with E-state index in [2.05, 4.69) is 5.32 Å². The summed E-state index contributed by atoms with van der Waals surface area (Å²) in [4.78, 5) is 0. The second-order valence-electron chi connectivity index (χ2n) is 3.42. The molecule has 0 bridgehead atoms. The average molecular weight is 163 g/mol. The maximum absolute atomic E-state index is 6.01. The number of nitrogens with one attached hydrogen (secondary N) is 1. The van der Waals surface area contributed by atoms with E-state index in [-0.39, 0.29) is 17.9 Å². The van der Waals surface area contributed by atoms with Crippen LogP contribution in [0.1, 0.15) is 19.3 Å². The molecule has 1 saturated heterocycles. The normalized spacial score (nSPS) is 35.1. The van der Waals surface area contributed by atoms with Crippen molar-refractivity contribution in [1.82, 2.24) is 5.32 Å². The van der Waals surface area contributed by atoms with Gasteiger partial charge in [0.2, 0.25) is 0 Å². The molecule has 2 aliphatic rings. The highest BCUT2D eigenvalue weighted by molar-refractivity contribution is 5.85. The lowest BCUT2D eigenvalue weighted by Crippen LogP contribution is -2.33. The van der Waals surface area contributed by atoms with Gasteiger partial charge in [-0.25, -0.2) is 0 Å². The molecule has 1 aliphatic carbocycles. The van der Waals surface area contributed by atoms with Gasteiger partial charge in [-0.3, -0.25) is 0 Å². The molecular formula is C7H15ClN2. The lowest BCUT2D eigenvalue weighted by molar-refractivity contribution is 0.439. The van der Waals surface area contributed by atoms with Gasteiger partial charge in [0.25, 0.3) is 0 Å². The highest BCUT2D eigenvalue weighted by Crippen LogP contribution is 2.41. The lowest BCUT2D eigenvalue weighted by atomic mass is 9.98. The van der Waals surface area contributed by atoms with Gasteiger partial charge in [0, 0.05) is 5.54 Å². The van der Waals surface area contributed by atoms with Gasteiger partial charge in [-0.2, -0.15) is 0 Å². The Labute approximate surface area is 68.0 Å². The summed E-state index contributed by atoms with van der Waals surface area (Å²) in [5.74, 6) is 0.789. The van der Waals surface area contributed by atoms with E-state index >= 15 is 0 Å². The largest absolute Gasteiger partial charge is 0.325 e. The van der Waals surface area contributed by atoms with Crippen LogP contribution >= 0.6 is 12.4 Å². The lowest BCUT2D eigenvalue weighted by Gasteiger charge is -2.15. The van der Waals surface area contributed by atoms with Crippen LogP contribution < -0.4 is 11.1 Å². The first-order valence-corrected chi connectivity index (χ1v) is 3.81. The van der Waals surface area contributed by atoms with Crippen LogP contribution in [-0.4, -0.2) is 18.6 Å². The summed E-state index contributed by atoms with van der Waals surface area (Å²) in [7, 11) is 0. The molecule has 3 heteroatoms. The number of rotatable bonds is 1. The van der Waals surface area contributed by atoms with Gasteiger partial charge < -0.3 is 11.1 Å². The molecule has 2 nitrogen and oxygen atoms in total. The molecule has 0 unspecified atom stereocenters. The van der Waals surface area contributed by atoms with E-state index in [9.17, 15) is 0 Å². The standard InChI is InChI=1S/C7H14N2.ClH/c8-7(2-3-7)6-1-4-9-5-6;/h6,9H,1-5,8H2;1H/t6-;/m0./s1. The summed E-state index contributed by atoms with van der Waals surface area (Å²) in [6, 6.07) is 0. The zero-order valence-electron chi connectivity index (χ0n) is 6.10. The SMILES string of the molecule is Cl.NC1([C@H]2CCNC2)CC1. The van der Waals surface area contributed by atoms with Crippen molar-refractivity contribution >= 4 is 12.4 Å². The van der Waals surface area contributed by atoms with Gasteiger partial charge in [-0.15, -0.1) is 12.4 Å². The maximum Gasteiger partial charge on any atom is 0.0196 e. The molecule has 10 heavy (non-hydrogen) atoms. The van der Waals surface area contributed by atoms with E-state index in [1.54, 1.807) is 0 Å². The number of halogens is 1. The molecule has 1 saturated carbocycles. The van der Waals surface area contributed by atoms with Gasteiger partial charge in [0.15, 0.2) is 0 Å². The minimum absolute atomic E-state index is 0. The number of hydrogen-bond donors (Lipinski definition) is 2. The zero-order valence-corrected chi connectivity index (χ0v) is 6.91. The van der Waals surface area contributed by atoms with Gasteiger partial charge >= 0.3 is 0 Å². The third-order valence-electron chi connectivity index (χ3n) is 2.70. The molecule has 60 valence electrons. The molecule has 0 aromatic carbocycles. The fourth-order valence-corrected chi connectivity index (χ4v) is 1.70. The topological polar surface area (TPSA) is 38.0 Å². The third-order valence-corrected chi connectivity index (χ3v) is 2.70. The molecule has 3 N–H and O–H groups in total. The quantitative estimate of drug-likeness (QED) is 0.590. The highest BCUT2D eigenvalue weighted by atomic mass is 35.5. The van der Waals surface area contributed by atoms with Crippen LogP contribution in [0.15, 0.2) is 0 Å². The summed E-state index contributed by atoms with van der Waals surface area (Å²) in [6.45, 7) is 2.35. The molecular weight excluding hydrogens is 148 g/mol. The second kappa shape index (κ2) is 2.68. The molecule has 0 amide bonds. The predicted molar refractivity (Wildman–Crippen MR) is 44.4 cm³/mol. The van der Waals surface area contributed by atoms with Gasteiger partial charge in [0.1, 0.15) is 0 Å². The molecule has 1 atom stereocenters. The van der Waals surface area contributed by atoms with Crippen LogP contribution in [0.4, 0.5) is 0 Å². The van der Waals surface area contributed by atoms with Crippen molar-refractivity contribution in [2.75, 3.05) is 13.1 Å². The number of hydrogen-bond acceptors (Lipinski definition) is 2. The Morgan fingerprint density at radius 3 is 2.50 bits per heavy atom. The fraction of sp³-hybridized carbons (Fsp3) is 1.00. The molecule has 2 fully saturated rings. The fourth-order valence-electron chi connectivity index (χ4n) is 1.70. The summed E-state index contributed by atoms with van der Waals surface area (Å²) >= 11 is 0. The average Bonchev–Trinajstić information content (AvgIpc) is 2.46. The van der Waals surface area contributed by atoms with E-state index in [1.807, 2.05) is 0 Å². The van der Waals surface area contributed by atoms with E-state index in [1.165, 1.54) is 25.8 Å². The van der Waals surface area contributed by atoms with E-state index in [0.29, 0.717) is 0 Å². The summed E-state index contributed by atoms with van der Waals surface area (Å²) < 4.78 is 0. The molecule has 0 spiro atoms. The van der Waals surface area contributed by atoms with Crippen LogP contribution in [0.2, 0.25) is 0 Å². The summed E-state index contributed by atoms with van der Waals surface area (Å²) in [5, 5.41) is 3.34. The predicted octanol–water partition coefficient (Wildman–Crippen LogP) is 0.509. The van der Waals surface area contributed by atoms with Crippen molar-refractivity contribution in [2.45, 2.75) is 24.8 Å². The zero-order chi connectivity index (χ0) is 6.32. The first kappa shape index (κ1) is 8.31. The van der Waals surface area contributed by atoms with Crippen molar-refractivity contribution < 1.29 is 0 Å². The first-order valence-electron chi connectivity index (χ1n) is 3.81. The van der Waals surface area contributed by atoms with Crippen LogP contribution in [0.5, 0.6) is 0 Å². The molecule has 0 radical (unpaired) electrons. The molecule has 2 rings (SSSR count). The van der Waals surface area contributed by atoms with Gasteiger partial charge in [-0.1, -0.05) is 0 Å². The Morgan fingerprint density at radius 2 is 2.10 bits per heavy atom. The smallest absolute Gasteiger partial charge is 0.0196 e. The first-order chi connectivity index (χ1) is 4.31. The Bertz CT molecular complexity index is 117. The Morgan fingerprint density at radius 1 is 1.40 bits per heavy atom. The Kier molecular flexibility index (Phi) is 2.23. The summed E-state index contributed by atoms with van der Waals surface area (Å²) in [5.41, 5.74) is 6.28. The van der Waals surface area contributed by atoms with Crippen molar-refractivity contribution in [3.8, 4) is 0 Å². The second-order valence-corrected chi connectivity index (χ2v) is 3.42. The van der Waals surface area contributed by atoms with Crippen LogP contribution in [0, 0.1) is 5.92 Å². The maximum atomic E-state index is 6.01. The minimum Gasteiger partial charge on any atom is -0.325 e. The molecule has 1 heterocycles. The van der Waals surface area contributed by atoms with E-state index in [0.717, 1.165) is 12.5 Å². The van der Waals surface area contributed by atoms with Crippen molar-refractivity contribution in [1.29, 1.82) is 0 Å². The van der Waals surface area contributed by atoms with E-state index in [4.69, 9.17) is 5.73 Å². The third kappa shape index (κ3) is 1.29. The monoisotopic (exact) mass is 162 g/mol. The minimum atomic E-state index is 0.